The molecule has 188 valence electrons. The van der Waals surface area contributed by atoms with E-state index in [1.54, 1.807) is 36.7 Å². The van der Waals surface area contributed by atoms with Crippen LogP contribution in [0.15, 0.2) is 59.8 Å². The smallest absolute Gasteiger partial charge is 0.309 e. The molecule has 0 spiro atoms. The molecule has 0 radical (unpaired) electrons. The quantitative estimate of drug-likeness (QED) is 0.260. The molecule has 1 fully saturated rings. The predicted molar refractivity (Wildman–Crippen MR) is 141 cm³/mol. The van der Waals surface area contributed by atoms with Crippen molar-refractivity contribution in [2.75, 3.05) is 24.6 Å². The molecule has 4 rings (SSSR count). The Balaban J connectivity index is 1.23. The van der Waals surface area contributed by atoms with E-state index in [2.05, 4.69) is 32.5 Å². The number of carbonyl (C=O) groups excluding carboxylic acids is 2. The molecule has 36 heavy (non-hydrogen) atoms. The van der Waals surface area contributed by atoms with Crippen molar-refractivity contribution in [3.63, 3.8) is 0 Å². The molecule has 2 heterocycles. The fourth-order valence-corrected chi connectivity index (χ4v) is 4.66. The summed E-state index contributed by atoms with van der Waals surface area (Å²) in [5.41, 5.74) is 5.34. The van der Waals surface area contributed by atoms with Crippen LogP contribution in [0, 0.1) is 12.8 Å². The van der Waals surface area contributed by atoms with E-state index in [4.69, 9.17) is 9.47 Å². The minimum atomic E-state index is -0.304. The lowest BCUT2D eigenvalue weighted by Gasteiger charge is -2.30. The first-order valence-corrected chi connectivity index (χ1v) is 12.8. The molecular weight excluding hydrogens is 476 g/mol. The van der Waals surface area contributed by atoms with Gasteiger partial charge in [-0.05, 0) is 56.5 Å². The van der Waals surface area contributed by atoms with Gasteiger partial charge < -0.3 is 14.4 Å². The molecule has 1 N–H and O–H groups in total. The Morgan fingerprint density at radius 3 is 2.56 bits per heavy atom. The summed E-state index contributed by atoms with van der Waals surface area (Å²) >= 11 is 1.49. The second-order valence-corrected chi connectivity index (χ2v) is 9.60. The summed E-state index contributed by atoms with van der Waals surface area (Å²) in [5, 5.41) is 4.95. The summed E-state index contributed by atoms with van der Waals surface area (Å²) in [7, 11) is 0. The molecule has 2 aromatic carbocycles. The van der Waals surface area contributed by atoms with Gasteiger partial charge in [0.05, 0.1) is 23.6 Å². The van der Waals surface area contributed by atoms with E-state index < -0.39 is 0 Å². The van der Waals surface area contributed by atoms with E-state index in [1.165, 1.54) is 16.9 Å². The van der Waals surface area contributed by atoms with E-state index in [0.29, 0.717) is 24.5 Å². The van der Waals surface area contributed by atoms with E-state index >= 15 is 0 Å². The van der Waals surface area contributed by atoms with Crippen LogP contribution in [0.25, 0.3) is 0 Å². The Bertz CT molecular complexity index is 1180. The summed E-state index contributed by atoms with van der Waals surface area (Å²) in [4.78, 5) is 31.8. The van der Waals surface area contributed by atoms with Crippen molar-refractivity contribution in [2.45, 2.75) is 33.3 Å². The SMILES string of the molecule is CCOC(=O)C1CCN(c2ncc(/C=N/NC(=O)c3ccc(OCc4ccc(C)cc4)cc3)s2)CC1. The minimum Gasteiger partial charge on any atom is -0.489 e. The number of benzene rings is 2. The number of rotatable bonds is 9. The number of piperidine rings is 1. The van der Waals surface area contributed by atoms with Gasteiger partial charge in [0.1, 0.15) is 12.4 Å². The first-order chi connectivity index (χ1) is 17.5. The summed E-state index contributed by atoms with van der Waals surface area (Å²) in [6.07, 6.45) is 4.83. The molecule has 9 heteroatoms. The number of anilines is 1. The van der Waals surface area contributed by atoms with Gasteiger partial charge >= 0.3 is 5.97 Å². The number of aromatic nitrogens is 1. The van der Waals surface area contributed by atoms with Crippen molar-refractivity contribution < 1.29 is 19.1 Å². The predicted octanol–water partition coefficient (Wildman–Crippen LogP) is 4.57. The van der Waals surface area contributed by atoms with Crippen molar-refractivity contribution in [3.8, 4) is 5.75 Å². The lowest BCUT2D eigenvalue weighted by Crippen LogP contribution is -2.36. The first-order valence-electron chi connectivity index (χ1n) is 12.0. The molecular formula is C27H30N4O4S. The van der Waals surface area contributed by atoms with Crippen molar-refractivity contribution >= 4 is 34.6 Å². The van der Waals surface area contributed by atoms with Gasteiger partial charge in [0.25, 0.3) is 5.91 Å². The van der Waals surface area contributed by atoms with Crippen LogP contribution in [0.1, 0.15) is 46.1 Å². The number of esters is 1. The van der Waals surface area contributed by atoms with E-state index in [-0.39, 0.29) is 17.8 Å². The van der Waals surface area contributed by atoms with Crippen molar-refractivity contribution in [3.05, 3.63) is 76.3 Å². The number of amides is 1. The normalized spacial score (nSPS) is 14.1. The fourth-order valence-electron chi connectivity index (χ4n) is 3.82. The maximum Gasteiger partial charge on any atom is 0.309 e. The lowest BCUT2D eigenvalue weighted by molar-refractivity contribution is -0.148. The molecule has 0 atom stereocenters. The summed E-state index contributed by atoms with van der Waals surface area (Å²) in [5.74, 6) is 0.247. The van der Waals surface area contributed by atoms with Gasteiger partial charge in [-0.25, -0.2) is 10.4 Å². The highest BCUT2D eigenvalue weighted by Crippen LogP contribution is 2.27. The molecule has 0 saturated carbocycles. The maximum atomic E-state index is 12.4. The molecule has 1 aromatic heterocycles. The van der Waals surface area contributed by atoms with Gasteiger partial charge in [0.2, 0.25) is 0 Å². The molecule has 1 amide bonds. The molecule has 8 nitrogen and oxygen atoms in total. The van der Waals surface area contributed by atoms with Crippen LogP contribution in [0.4, 0.5) is 5.13 Å². The lowest BCUT2D eigenvalue weighted by atomic mass is 9.97. The molecule has 0 unspecified atom stereocenters. The Morgan fingerprint density at radius 2 is 1.86 bits per heavy atom. The Labute approximate surface area is 215 Å². The number of hydrazone groups is 1. The number of nitrogens with one attached hydrogen (secondary N) is 1. The van der Waals surface area contributed by atoms with E-state index in [1.807, 2.05) is 26.0 Å². The third-order valence-corrected chi connectivity index (χ3v) is 6.89. The average Bonchev–Trinajstić information content (AvgIpc) is 3.38. The van der Waals surface area contributed by atoms with Gasteiger partial charge in [-0.3, -0.25) is 9.59 Å². The summed E-state index contributed by atoms with van der Waals surface area (Å²) in [6, 6.07) is 15.1. The number of nitrogens with zero attached hydrogens (tertiary/aromatic N) is 3. The van der Waals surface area contributed by atoms with Gasteiger partial charge in [-0.15, -0.1) is 0 Å². The number of thiazole rings is 1. The molecule has 0 aliphatic carbocycles. The zero-order chi connectivity index (χ0) is 25.3. The van der Waals surface area contributed by atoms with Crippen LogP contribution in [0.2, 0.25) is 0 Å². The number of ether oxygens (including phenoxy) is 2. The van der Waals surface area contributed by atoms with Gasteiger partial charge in [0.15, 0.2) is 5.13 Å². The van der Waals surface area contributed by atoms with Crippen LogP contribution in [-0.4, -0.2) is 42.8 Å². The number of aryl methyl sites for hydroxylation is 1. The van der Waals surface area contributed by atoms with Gasteiger partial charge in [0, 0.05) is 24.8 Å². The second-order valence-electron chi connectivity index (χ2n) is 8.56. The molecule has 1 saturated heterocycles. The fraction of sp³-hybridized carbons (Fsp3) is 0.333. The Hall–Kier alpha value is -3.72. The largest absolute Gasteiger partial charge is 0.489 e. The average molecular weight is 507 g/mol. The Kier molecular flexibility index (Phi) is 8.67. The zero-order valence-corrected chi connectivity index (χ0v) is 21.3. The van der Waals surface area contributed by atoms with Gasteiger partial charge in [-0.2, -0.15) is 5.10 Å². The number of carbonyl (C=O) groups is 2. The van der Waals surface area contributed by atoms with Crippen LogP contribution in [0.5, 0.6) is 5.75 Å². The van der Waals surface area contributed by atoms with Crippen molar-refractivity contribution in [1.82, 2.24) is 10.4 Å². The van der Waals surface area contributed by atoms with Crippen LogP contribution in [0.3, 0.4) is 0 Å². The molecule has 3 aromatic rings. The number of hydrogen-bond acceptors (Lipinski definition) is 8. The highest BCUT2D eigenvalue weighted by atomic mass is 32.1. The third kappa shape index (κ3) is 6.91. The van der Waals surface area contributed by atoms with Gasteiger partial charge in [-0.1, -0.05) is 41.2 Å². The highest BCUT2D eigenvalue weighted by Gasteiger charge is 2.27. The second kappa shape index (κ2) is 12.3. The Morgan fingerprint density at radius 1 is 1.14 bits per heavy atom. The van der Waals surface area contributed by atoms with Crippen molar-refractivity contribution in [1.29, 1.82) is 0 Å². The standard InChI is InChI=1S/C27H30N4O4S/c1-3-34-26(33)22-12-14-31(15-13-22)27-28-16-24(36-27)17-29-30-25(32)21-8-10-23(11-9-21)35-18-20-6-4-19(2)5-7-20/h4-11,16-17,22H,3,12-15,18H2,1-2H3,(H,30,32)/b29-17+. The first kappa shape index (κ1) is 25.4. The zero-order valence-electron chi connectivity index (χ0n) is 20.5. The summed E-state index contributed by atoms with van der Waals surface area (Å²) in [6.45, 7) is 6.28. The summed E-state index contributed by atoms with van der Waals surface area (Å²) < 4.78 is 10.9. The third-order valence-electron chi connectivity index (χ3n) is 5.90. The molecule has 1 aliphatic rings. The van der Waals surface area contributed by atoms with Crippen LogP contribution >= 0.6 is 11.3 Å². The van der Waals surface area contributed by atoms with Crippen LogP contribution < -0.4 is 15.1 Å². The van der Waals surface area contributed by atoms with E-state index in [9.17, 15) is 9.59 Å². The van der Waals surface area contributed by atoms with E-state index in [0.717, 1.165) is 41.5 Å². The molecule has 0 bridgehead atoms. The topological polar surface area (TPSA) is 93.1 Å². The van der Waals surface area contributed by atoms with Crippen LogP contribution in [-0.2, 0) is 16.1 Å². The molecule has 1 aliphatic heterocycles. The minimum absolute atomic E-state index is 0.0359. The number of hydrogen-bond donors (Lipinski definition) is 1. The monoisotopic (exact) mass is 506 g/mol. The maximum absolute atomic E-state index is 12.4. The van der Waals surface area contributed by atoms with Crippen molar-refractivity contribution in [2.24, 2.45) is 11.0 Å². The highest BCUT2D eigenvalue weighted by molar-refractivity contribution is 7.17.